The lowest BCUT2D eigenvalue weighted by molar-refractivity contribution is -0.111. The Labute approximate surface area is 185 Å². The first-order valence-corrected chi connectivity index (χ1v) is 11.8. The van der Waals surface area contributed by atoms with Crippen molar-refractivity contribution in [3.05, 3.63) is 77.7 Å². The molecule has 32 heavy (non-hydrogen) atoms. The van der Waals surface area contributed by atoms with Crippen LogP contribution in [0.3, 0.4) is 0 Å². The summed E-state index contributed by atoms with van der Waals surface area (Å²) < 4.78 is 41.9. The number of nitrogens with zero attached hydrogens (tertiary/aromatic N) is 1. The number of rotatable bonds is 10. The van der Waals surface area contributed by atoms with Crippen molar-refractivity contribution in [2.75, 3.05) is 18.5 Å². The van der Waals surface area contributed by atoms with E-state index in [0.717, 1.165) is 5.56 Å². The van der Waals surface area contributed by atoms with E-state index in [0.29, 0.717) is 35.8 Å². The summed E-state index contributed by atoms with van der Waals surface area (Å²) in [5.41, 5.74) is 2.41. The summed E-state index contributed by atoms with van der Waals surface area (Å²) in [6.07, 6.45) is 4.48. The summed E-state index contributed by atoms with van der Waals surface area (Å²) in [7, 11) is -3.19. The Morgan fingerprint density at radius 2 is 1.88 bits per heavy atom. The van der Waals surface area contributed by atoms with Gasteiger partial charge in [0.15, 0.2) is 5.76 Å². The van der Waals surface area contributed by atoms with Crippen LogP contribution >= 0.6 is 7.60 Å². The molecule has 0 atom stereocenters. The first kappa shape index (κ1) is 23.6. The second-order valence-electron chi connectivity index (χ2n) is 6.74. The van der Waals surface area contributed by atoms with E-state index in [-0.39, 0.29) is 12.1 Å². The summed E-state index contributed by atoms with van der Waals surface area (Å²) in [6.45, 7) is 4.12. The fraction of sp³-hybridized carbons (Fsp3) is 0.217. The predicted octanol–water partition coefficient (Wildman–Crippen LogP) is 5.90. The van der Waals surface area contributed by atoms with Gasteiger partial charge in [-0.15, -0.1) is 0 Å². The molecular weight excluding hydrogens is 434 g/mol. The van der Waals surface area contributed by atoms with Crippen LogP contribution in [-0.4, -0.2) is 24.3 Å². The van der Waals surface area contributed by atoms with Crippen molar-refractivity contribution < 1.29 is 27.3 Å². The number of carbonyl (C=O) groups excluding carboxylic acids is 1. The maximum Gasteiger partial charge on any atom is 0.335 e. The smallest absolute Gasteiger partial charge is 0.335 e. The van der Waals surface area contributed by atoms with Gasteiger partial charge in [0.05, 0.1) is 25.6 Å². The van der Waals surface area contributed by atoms with Crippen molar-refractivity contribution in [2.24, 2.45) is 0 Å². The van der Waals surface area contributed by atoms with Crippen LogP contribution in [-0.2, 0) is 24.6 Å². The van der Waals surface area contributed by atoms with E-state index in [1.807, 2.05) is 0 Å². The maximum atomic E-state index is 13.5. The lowest BCUT2D eigenvalue weighted by atomic mass is 10.1. The number of hydrogen-bond donors (Lipinski definition) is 1. The van der Waals surface area contributed by atoms with E-state index in [1.54, 1.807) is 56.3 Å². The van der Waals surface area contributed by atoms with Gasteiger partial charge in [0.1, 0.15) is 5.82 Å². The molecule has 1 amide bonds. The number of anilines is 1. The number of aromatic nitrogens is 1. The molecule has 3 aromatic rings. The predicted molar refractivity (Wildman–Crippen MR) is 121 cm³/mol. The van der Waals surface area contributed by atoms with Crippen LogP contribution < -0.4 is 5.32 Å². The molecule has 0 aliphatic rings. The Hall–Kier alpha value is -3.06. The molecule has 0 spiro atoms. The van der Waals surface area contributed by atoms with Gasteiger partial charge in [-0.25, -0.2) is 4.39 Å². The minimum Gasteiger partial charge on any atom is -0.356 e. The summed E-state index contributed by atoms with van der Waals surface area (Å²) in [6, 6.07) is 12.9. The monoisotopic (exact) mass is 458 g/mol. The number of nitrogens with one attached hydrogen (secondary N) is 1. The average Bonchev–Trinajstić information content (AvgIpc) is 3.23. The van der Waals surface area contributed by atoms with Crippen LogP contribution in [0, 0.1) is 5.82 Å². The molecule has 0 aliphatic heterocycles. The van der Waals surface area contributed by atoms with Crippen molar-refractivity contribution in [3.63, 3.8) is 0 Å². The van der Waals surface area contributed by atoms with Crippen LogP contribution in [0.5, 0.6) is 0 Å². The summed E-state index contributed by atoms with van der Waals surface area (Å²) in [5.74, 6) is -0.390. The second-order valence-corrected chi connectivity index (χ2v) is 8.80. The van der Waals surface area contributed by atoms with Crippen LogP contribution in [0.25, 0.3) is 17.4 Å². The molecule has 0 saturated carbocycles. The van der Waals surface area contributed by atoms with E-state index in [2.05, 4.69) is 10.5 Å². The number of halogens is 1. The standard InChI is InChI=1S/C23H24FN2O5P/c1-3-29-32(28,30-4-2)16-17-8-11-21(12-9-17)26-22(27)13-10-19-15-25-31-23(19)18-6-5-7-20(24)14-18/h5-15H,3-4,16H2,1-2H3,(H,26,27)/b13-10+. The highest BCUT2D eigenvalue weighted by Gasteiger charge is 2.23. The molecule has 3 rings (SSSR count). The number of amides is 1. The van der Waals surface area contributed by atoms with Crippen LogP contribution in [0.1, 0.15) is 25.0 Å². The van der Waals surface area contributed by atoms with E-state index >= 15 is 0 Å². The molecule has 168 valence electrons. The van der Waals surface area contributed by atoms with Crippen molar-refractivity contribution in [2.45, 2.75) is 20.0 Å². The van der Waals surface area contributed by atoms with Gasteiger partial charge in [-0.05, 0) is 49.8 Å². The first-order chi connectivity index (χ1) is 15.4. The number of carbonyl (C=O) groups is 1. The Kier molecular flexibility index (Phi) is 8.11. The van der Waals surface area contributed by atoms with Crippen LogP contribution in [0.2, 0.25) is 0 Å². The molecule has 0 aliphatic carbocycles. The SMILES string of the molecule is CCOP(=O)(Cc1ccc(NC(=O)/C=C/c2cnoc2-c2cccc(F)c2)cc1)OCC. The van der Waals surface area contributed by atoms with Crippen LogP contribution in [0.4, 0.5) is 10.1 Å². The minimum absolute atomic E-state index is 0.152. The van der Waals surface area contributed by atoms with Gasteiger partial charge in [-0.2, -0.15) is 0 Å². The molecule has 0 unspecified atom stereocenters. The van der Waals surface area contributed by atoms with E-state index < -0.39 is 13.4 Å². The van der Waals surface area contributed by atoms with Crippen LogP contribution in [0.15, 0.2) is 65.3 Å². The third-order valence-corrected chi connectivity index (χ3v) is 6.40. The lowest BCUT2D eigenvalue weighted by Gasteiger charge is -2.17. The number of benzene rings is 2. The van der Waals surface area contributed by atoms with Crippen molar-refractivity contribution in [1.29, 1.82) is 0 Å². The molecule has 1 aromatic heterocycles. The van der Waals surface area contributed by atoms with Gasteiger partial charge >= 0.3 is 7.60 Å². The Bertz CT molecular complexity index is 1120. The van der Waals surface area contributed by atoms with E-state index in [9.17, 15) is 13.8 Å². The van der Waals surface area contributed by atoms with Gasteiger partial charge in [-0.3, -0.25) is 9.36 Å². The molecule has 2 aromatic carbocycles. The molecule has 0 fully saturated rings. The number of hydrogen-bond acceptors (Lipinski definition) is 6. The van der Waals surface area contributed by atoms with Crippen molar-refractivity contribution >= 4 is 25.3 Å². The Balaban J connectivity index is 1.63. The topological polar surface area (TPSA) is 90.7 Å². The molecular formula is C23H24FN2O5P. The zero-order valence-corrected chi connectivity index (χ0v) is 18.7. The molecule has 0 bridgehead atoms. The first-order valence-electron chi connectivity index (χ1n) is 10.1. The summed E-state index contributed by atoms with van der Waals surface area (Å²) >= 11 is 0. The zero-order valence-electron chi connectivity index (χ0n) is 17.8. The zero-order chi connectivity index (χ0) is 23.0. The average molecular weight is 458 g/mol. The van der Waals surface area contributed by atoms with Gasteiger partial charge in [0.25, 0.3) is 0 Å². The fourth-order valence-electron chi connectivity index (χ4n) is 3.00. The maximum absolute atomic E-state index is 13.5. The van der Waals surface area contributed by atoms with Gasteiger partial charge in [-0.1, -0.05) is 29.4 Å². The largest absolute Gasteiger partial charge is 0.356 e. The molecule has 7 nitrogen and oxygen atoms in total. The van der Waals surface area contributed by atoms with E-state index in [1.165, 1.54) is 24.4 Å². The molecule has 1 N–H and O–H groups in total. The second kappa shape index (κ2) is 11.0. The lowest BCUT2D eigenvalue weighted by Crippen LogP contribution is -2.07. The van der Waals surface area contributed by atoms with Crippen molar-refractivity contribution in [3.8, 4) is 11.3 Å². The summed E-state index contributed by atoms with van der Waals surface area (Å²) in [5, 5.41) is 6.48. The Morgan fingerprint density at radius 1 is 1.16 bits per heavy atom. The normalized spacial score (nSPS) is 11.7. The quantitative estimate of drug-likeness (QED) is 0.301. The summed E-state index contributed by atoms with van der Waals surface area (Å²) in [4.78, 5) is 12.3. The third-order valence-electron chi connectivity index (χ3n) is 4.35. The molecule has 0 saturated heterocycles. The molecule has 0 radical (unpaired) electrons. The highest BCUT2D eigenvalue weighted by Crippen LogP contribution is 2.51. The van der Waals surface area contributed by atoms with Crippen molar-refractivity contribution in [1.82, 2.24) is 5.16 Å². The fourth-order valence-corrected chi connectivity index (χ4v) is 4.71. The van der Waals surface area contributed by atoms with E-state index in [4.69, 9.17) is 13.6 Å². The van der Waals surface area contributed by atoms with Gasteiger partial charge in [0, 0.05) is 22.9 Å². The highest BCUT2D eigenvalue weighted by molar-refractivity contribution is 7.53. The van der Waals surface area contributed by atoms with Gasteiger partial charge < -0.3 is 18.9 Å². The Morgan fingerprint density at radius 3 is 2.53 bits per heavy atom. The molecule has 1 heterocycles. The minimum atomic E-state index is -3.19. The van der Waals surface area contributed by atoms with Gasteiger partial charge in [0.2, 0.25) is 5.91 Å². The highest BCUT2D eigenvalue weighted by atomic mass is 31.2. The molecule has 9 heteroatoms. The third kappa shape index (κ3) is 6.47.